The van der Waals surface area contributed by atoms with Crippen LogP contribution in [0.3, 0.4) is 0 Å². The quantitative estimate of drug-likeness (QED) is 0.639. The van der Waals surface area contributed by atoms with E-state index in [0.717, 1.165) is 25.2 Å². The molecule has 0 aliphatic carbocycles. The summed E-state index contributed by atoms with van der Waals surface area (Å²) in [6.07, 6.45) is 1.11. The molecule has 0 saturated heterocycles. The summed E-state index contributed by atoms with van der Waals surface area (Å²) >= 11 is 1.73. The Morgan fingerprint density at radius 3 is 3.50 bits per heavy atom. The van der Waals surface area contributed by atoms with Crippen molar-refractivity contribution in [3.8, 4) is 0 Å². The van der Waals surface area contributed by atoms with Crippen molar-refractivity contribution in [1.82, 2.24) is 15.3 Å². The topological polar surface area (TPSA) is 40.7 Å². The number of nitrogens with one attached hydrogen (secondary N) is 2. The van der Waals surface area contributed by atoms with Gasteiger partial charge in [-0.3, -0.25) is 0 Å². The van der Waals surface area contributed by atoms with Crippen molar-refractivity contribution in [2.75, 3.05) is 6.54 Å². The third-order valence-electron chi connectivity index (χ3n) is 2.33. The van der Waals surface area contributed by atoms with Gasteiger partial charge in [-0.15, -0.1) is 11.3 Å². The van der Waals surface area contributed by atoms with Crippen molar-refractivity contribution in [3.63, 3.8) is 0 Å². The van der Waals surface area contributed by atoms with E-state index in [1.165, 1.54) is 16.0 Å². The SMILES string of the molecule is c1nc2[nH]c3c(c2s1)CNCC3. The lowest BCUT2D eigenvalue weighted by atomic mass is 10.1. The number of nitrogens with zero attached hydrogens (tertiary/aromatic N) is 1. The number of rotatable bonds is 0. The molecule has 0 atom stereocenters. The Morgan fingerprint density at radius 1 is 1.50 bits per heavy atom. The molecule has 2 aromatic rings. The number of H-pyrrole nitrogens is 1. The molecule has 62 valence electrons. The number of thiazole rings is 1. The highest BCUT2D eigenvalue weighted by atomic mass is 32.1. The monoisotopic (exact) mass is 179 g/mol. The second-order valence-electron chi connectivity index (χ2n) is 3.04. The van der Waals surface area contributed by atoms with Crippen LogP contribution in [0, 0.1) is 0 Å². The first kappa shape index (κ1) is 6.62. The van der Waals surface area contributed by atoms with Gasteiger partial charge in [-0.2, -0.15) is 0 Å². The number of fused-ring (bicyclic) bond motifs is 3. The minimum Gasteiger partial charge on any atom is -0.342 e. The molecule has 0 fully saturated rings. The molecule has 2 aromatic heterocycles. The predicted molar refractivity (Wildman–Crippen MR) is 49.4 cm³/mol. The van der Waals surface area contributed by atoms with E-state index in [1.807, 2.05) is 5.51 Å². The van der Waals surface area contributed by atoms with Crippen LogP contribution < -0.4 is 5.32 Å². The van der Waals surface area contributed by atoms with Crippen LogP contribution in [-0.2, 0) is 13.0 Å². The van der Waals surface area contributed by atoms with Gasteiger partial charge in [-0.1, -0.05) is 0 Å². The summed E-state index contributed by atoms with van der Waals surface area (Å²) in [5.41, 5.74) is 5.77. The number of aromatic amines is 1. The molecular weight excluding hydrogens is 170 g/mol. The molecule has 3 nitrogen and oxygen atoms in total. The molecular formula is C8H9N3S. The van der Waals surface area contributed by atoms with E-state index in [0.29, 0.717) is 0 Å². The van der Waals surface area contributed by atoms with Crippen LogP contribution in [0.1, 0.15) is 11.3 Å². The molecule has 12 heavy (non-hydrogen) atoms. The predicted octanol–water partition coefficient (Wildman–Crippen LogP) is 1.27. The third-order valence-corrected chi connectivity index (χ3v) is 3.21. The van der Waals surface area contributed by atoms with Gasteiger partial charge in [0.25, 0.3) is 0 Å². The summed E-state index contributed by atoms with van der Waals surface area (Å²) in [5.74, 6) is 0. The smallest absolute Gasteiger partial charge is 0.148 e. The summed E-state index contributed by atoms with van der Waals surface area (Å²) < 4.78 is 1.33. The first-order valence-corrected chi connectivity index (χ1v) is 4.97. The first-order chi connectivity index (χ1) is 5.95. The zero-order chi connectivity index (χ0) is 7.97. The van der Waals surface area contributed by atoms with Gasteiger partial charge in [-0.25, -0.2) is 4.98 Å². The minimum absolute atomic E-state index is 0.998. The zero-order valence-electron chi connectivity index (χ0n) is 6.55. The highest BCUT2D eigenvalue weighted by Gasteiger charge is 2.15. The van der Waals surface area contributed by atoms with Crippen molar-refractivity contribution in [2.45, 2.75) is 13.0 Å². The Hall–Kier alpha value is -0.870. The molecule has 1 aliphatic heterocycles. The fourth-order valence-electron chi connectivity index (χ4n) is 1.73. The number of hydrogen-bond donors (Lipinski definition) is 2. The molecule has 0 unspecified atom stereocenters. The summed E-state index contributed by atoms with van der Waals surface area (Å²) in [5, 5.41) is 3.37. The van der Waals surface area contributed by atoms with Gasteiger partial charge in [0.1, 0.15) is 5.65 Å². The van der Waals surface area contributed by atoms with Gasteiger partial charge in [0.2, 0.25) is 0 Å². The maximum Gasteiger partial charge on any atom is 0.148 e. The fourth-order valence-corrected chi connectivity index (χ4v) is 2.55. The molecule has 0 saturated carbocycles. The number of hydrogen-bond acceptors (Lipinski definition) is 3. The Labute approximate surface area is 73.8 Å². The molecule has 4 heteroatoms. The van der Waals surface area contributed by atoms with Gasteiger partial charge in [0, 0.05) is 30.8 Å². The Balaban J connectivity index is 2.34. The maximum atomic E-state index is 4.26. The van der Waals surface area contributed by atoms with Crippen molar-refractivity contribution < 1.29 is 0 Å². The summed E-state index contributed by atoms with van der Waals surface area (Å²) in [7, 11) is 0. The van der Waals surface area contributed by atoms with Crippen LogP contribution in [0.25, 0.3) is 10.3 Å². The average molecular weight is 179 g/mol. The van der Waals surface area contributed by atoms with E-state index < -0.39 is 0 Å². The second kappa shape index (κ2) is 2.31. The standard InChI is InChI=1S/C8H9N3S/c1-2-9-3-5-6(1)11-8-7(5)12-4-10-8/h4,9,11H,1-3H2. The Bertz CT molecular complexity index is 415. The Kier molecular flexibility index (Phi) is 1.27. The lowest BCUT2D eigenvalue weighted by molar-refractivity contribution is 0.641. The van der Waals surface area contributed by atoms with Gasteiger partial charge < -0.3 is 10.3 Å². The summed E-state index contributed by atoms with van der Waals surface area (Å²) in [4.78, 5) is 7.61. The Morgan fingerprint density at radius 2 is 2.50 bits per heavy atom. The summed E-state index contributed by atoms with van der Waals surface area (Å²) in [6.45, 7) is 2.08. The van der Waals surface area contributed by atoms with E-state index in [2.05, 4.69) is 15.3 Å². The van der Waals surface area contributed by atoms with Crippen LogP contribution in [0.5, 0.6) is 0 Å². The van der Waals surface area contributed by atoms with Crippen molar-refractivity contribution in [2.24, 2.45) is 0 Å². The molecule has 0 aromatic carbocycles. The highest BCUT2D eigenvalue weighted by Crippen LogP contribution is 2.26. The van der Waals surface area contributed by atoms with Crippen LogP contribution in [0.2, 0.25) is 0 Å². The van der Waals surface area contributed by atoms with Crippen molar-refractivity contribution in [1.29, 1.82) is 0 Å². The van der Waals surface area contributed by atoms with Gasteiger partial charge in [0.05, 0.1) is 10.2 Å². The molecule has 0 radical (unpaired) electrons. The minimum atomic E-state index is 0.998. The normalized spacial score (nSPS) is 16.7. The van der Waals surface area contributed by atoms with Crippen LogP contribution >= 0.6 is 11.3 Å². The molecule has 0 bridgehead atoms. The van der Waals surface area contributed by atoms with Gasteiger partial charge in [0.15, 0.2) is 0 Å². The largest absolute Gasteiger partial charge is 0.342 e. The highest BCUT2D eigenvalue weighted by molar-refractivity contribution is 7.16. The van der Waals surface area contributed by atoms with Gasteiger partial charge in [-0.05, 0) is 0 Å². The molecule has 0 spiro atoms. The maximum absolute atomic E-state index is 4.26. The first-order valence-electron chi connectivity index (χ1n) is 4.09. The lowest BCUT2D eigenvalue weighted by Crippen LogP contribution is -2.22. The van der Waals surface area contributed by atoms with Crippen LogP contribution in [0.15, 0.2) is 5.51 Å². The zero-order valence-corrected chi connectivity index (χ0v) is 7.37. The van der Waals surface area contributed by atoms with Crippen molar-refractivity contribution >= 4 is 21.7 Å². The molecule has 2 N–H and O–H groups in total. The summed E-state index contributed by atoms with van der Waals surface area (Å²) in [6, 6.07) is 0. The van der Waals surface area contributed by atoms with E-state index >= 15 is 0 Å². The molecule has 1 aliphatic rings. The fraction of sp³-hybridized carbons (Fsp3) is 0.375. The number of aromatic nitrogens is 2. The molecule has 3 heterocycles. The third kappa shape index (κ3) is 0.763. The molecule has 3 rings (SSSR count). The lowest BCUT2D eigenvalue weighted by Gasteiger charge is -2.11. The second-order valence-corrected chi connectivity index (χ2v) is 3.89. The van der Waals surface area contributed by atoms with E-state index in [4.69, 9.17) is 0 Å². The van der Waals surface area contributed by atoms with E-state index in [1.54, 1.807) is 11.3 Å². The molecule has 0 amide bonds. The average Bonchev–Trinajstić information content (AvgIpc) is 2.62. The van der Waals surface area contributed by atoms with E-state index in [9.17, 15) is 0 Å². The van der Waals surface area contributed by atoms with Crippen LogP contribution in [0.4, 0.5) is 0 Å². The van der Waals surface area contributed by atoms with E-state index in [-0.39, 0.29) is 0 Å². The van der Waals surface area contributed by atoms with Gasteiger partial charge >= 0.3 is 0 Å². The van der Waals surface area contributed by atoms with Crippen molar-refractivity contribution in [3.05, 3.63) is 16.8 Å². The van der Waals surface area contributed by atoms with Crippen LogP contribution in [-0.4, -0.2) is 16.5 Å².